The van der Waals surface area contributed by atoms with Gasteiger partial charge in [-0.05, 0) is 36.2 Å². The van der Waals surface area contributed by atoms with E-state index in [4.69, 9.17) is 9.47 Å². The van der Waals surface area contributed by atoms with Crippen molar-refractivity contribution in [3.8, 4) is 0 Å². The number of aliphatic hydroxyl groups is 1. The largest absolute Gasteiger partial charge is 0.389 e. The van der Waals surface area contributed by atoms with E-state index < -0.39 is 6.10 Å². The molecule has 1 aliphatic rings. The van der Waals surface area contributed by atoms with Crippen molar-refractivity contribution in [2.75, 3.05) is 53.0 Å². The molecule has 2 heterocycles. The third-order valence-corrected chi connectivity index (χ3v) is 5.13. The van der Waals surface area contributed by atoms with Crippen LogP contribution in [0.4, 0.5) is 0 Å². The lowest BCUT2D eigenvalue weighted by Gasteiger charge is -2.38. The molecule has 5 nitrogen and oxygen atoms in total. The van der Waals surface area contributed by atoms with Crippen LogP contribution >= 0.6 is 11.3 Å². The van der Waals surface area contributed by atoms with Crippen LogP contribution in [0.2, 0.25) is 0 Å². The van der Waals surface area contributed by atoms with E-state index in [0.29, 0.717) is 25.8 Å². The molecule has 1 aromatic rings. The predicted molar refractivity (Wildman–Crippen MR) is 94.0 cm³/mol. The van der Waals surface area contributed by atoms with Gasteiger partial charge in [-0.2, -0.15) is 11.3 Å². The molecule has 0 spiro atoms. The van der Waals surface area contributed by atoms with Crippen molar-refractivity contribution >= 4 is 11.3 Å². The second-order valence-electron chi connectivity index (χ2n) is 6.32. The van der Waals surface area contributed by atoms with Gasteiger partial charge in [-0.15, -0.1) is 0 Å². The monoisotopic (exact) mass is 342 g/mol. The fourth-order valence-electron chi connectivity index (χ4n) is 2.97. The number of β-amino-alcohol motifs (C(OH)–C–C–N with tert-alkyl or cyclic N) is 1. The number of rotatable bonds is 9. The molecule has 23 heavy (non-hydrogen) atoms. The third-order valence-electron chi connectivity index (χ3n) is 4.42. The SMILES string of the molecule is COCC(C)OCC(O)CN1CCN(C(C)c2ccsc2)CC1. The molecular weight excluding hydrogens is 312 g/mol. The summed E-state index contributed by atoms with van der Waals surface area (Å²) in [6, 6.07) is 2.69. The second kappa shape index (κ2) is 9.71. The first-order chi connectivity index (χ1) is 11.1. The Morgan fingerprint density at radius 1 is 1.22 bits per heavy atom. The Hall–Kier alpha value is -0.500. The van der Waals surface area contributed by atoms with E-state index >= 15 is 0 Å². The zero-order valence-electron chi connectivity index (χ0n) is 14.5. The van der Waals surface area contributed by atoms with Crippen molar-refractivity contribution in [2.24, 2.45) is 0 Å². The quantitative estimate of drug-likeness (QED) is 0.742. The van der Waals surface area contributed by atoms with Crippen LogP contribution in [-0.2, 0) is 9.47 Å². The topological polar surface area (TPSA) is 45.2 Å². The van der Waals surface area contributed by atoms with Gasteiger partial charge < -0.3 is 14.6 Å². The lowest BCUT2D eigenvalue weighted by molar-refractivity contribution is -0.0435. The molecule has 1 aliphatic heterocycles. The van der Waals surface area contributed by atoms with Crippen LogP contribution in [0, 0.1) is 0 Å². The van der Waals surface area contributed by atoms with Crippen LogP contribution in [0.25, 0.3) is 0 Å². The van der Waals surface area contributed by atoms with Crippen molar-refractivity contribution in [1.29, 1.82) is 0 Å². The fraction of sp³-hybridized carbons (Fsp3) is 0.765. The first-order valence-electron chi connectivity index (χ1n) is 8.37. The molecule has 0 aliphatic carbocycles. The zero-order valence-corrected chi connectivity index (χ0v) is 15.3. The van der Waals surface area contributed by atoms with E-state index in [1.165, 1.54) is 5.56 Å². The molecule has 3 unspecified atom stereocenters. The van der Waals surface area contributed by atoms with Crippen molar-refractivity contribution in [1.82, 2.24) is 9.80 Å². The number of piperazine rings is 1. The van der Waals surface area contributed by atoms with E-state index in [2.05, 4.69) is 33.6 Å². The Morgan fingerprint density at radius 3 is 2.57 bits per heavy atom. The van der Waals surface area contributed by atoms with Crippen molar-refractivity contribution in [2.45, 2.75) is 32.1 Å². The van der Waals surface area contributed by atoms with Crippen LogP contribution < -0.4 is 0 Å². The van der Waals surface area contributed by atoms with Gasteiger partial charge in [0.2, 0.25) is 0 Å². The summed E-state index contributed by atoms with van der Waals surface area (Å²) in [5.74, 6) is 0. The molecule has 1 aromatic heterocycles. The van der Waals surface area contributed by atoms with Crippen molar-refractivity contribution < 1.29 is 14.6 Å². The van der Waals surface area contributed by atoms with Gasteiger partial charge in [0.15, 0.2) is 0 Å². The highest BCUT2D eigenvalue weighted by Crippen LogP contribution is 2.23. The minimum atomic E-state index is -0.435. The minimum Gasteiger partial charge on any atom is -0.389 e. The summed E-state index contributed by atoms with van der Waals surface area (Å²) in [6.45, 7) is 9.94. The predicted octanol–water partition coefficient (Wildman–Crippen LogP) is 1.84. The standard InChI is InChI=1S/C17H30N2O3S/c1-14(11-21-3)22-12-17(20)10-18-5-7-19(8-6-18)15(2)16-4-9-23-13-16/h4,9,13-15,17,20H,5-8,10-12H2,1-3H3. The first kappa shape index (κ1) is 18.8. The van der Waals surface area contributed by atoms with Gasteiger partial charge in [0, 0.05) is 45.9 Å². The number of hydrogen-bond acceptors (Lipinski definition) is 6. The Morgan fingerprint density at radius 2 is 1.96 bits per heavy atom. The molecule has 0 amide bonds. The molecule has 0 aromatic carbocycles. The first-order valence-corrected chi connectivity index (χ1v) is 9.31. The molecule has 6 heteroatoms. The minimum absolute atomic E-state index is 0.0259. The van der Waals surface area contributed by atoms with Gasteiger partial charge in [-0.3, -0.25) is 9.80 Å². The molecular formula is C17H30N2O3S. The fourth-order valence-corrected chi connectivity index (χ4v) is 3.71. The van der Waals surface area contributed by atoms with Crippen molar-refractivity contribution in [3.05, 3.63) is 22.4 Å². The zero-order chi connectivity index (χ0) is 16.7. The van der Waals surface area contributed by atoms with Gasteiger partial charge in [0.05, 0.1) is 25.4 Å². The van der Waals surface area contributed by atoms with Gasteiger partial charge in [-0.25, -0.2) is 0 Å². The molecule has 2 rings (SSSR count). The maximum absolute atomic E-state index is 10.1. The van der Waals surface area contributed by atoms with Gasteiger partial charge in [0.1, 0.15) is 0 Å². The number of ether oxygens (including phenoxy) is 2. The van der Waals surface area contributed by atoms with Gasteiger partial charge >= 0.3 is 0 Å². The summed E-state index contributed by atoms with van der Waals surface area (Å²) in [5.41, 5.74) is 1.41. The Balaban J connectivity index is 1.66. The Labute approximate surface area is 143 Å². The Bertz CT molecular complexity index is 421. The van der Waals surface area contributed by atoms with E-state index in [0.717, 1.165) is 26.2 Å². The maximum atomic E-state index is 10.1. The highest BCUT2D eigenvalue weighted by molar-refractivity contribution is 7.07. The summed E-state index contributed by atoms with van der Waals surface area (Å²) in [5, 5.41) is 14.5. The molecule has 1 saturated heterocycles. The highest BCUT2D eigenvalue weighted by atomic mass is 32.1. The molecule has 0 bridgehead atoms. The van der Waals surface area contributed by atoms with Crippen LogP contribution in [0.3, 0.4) is 0 Å². The summed E-state index contributed by atoms with van der Waals surface area (Å²) < 4.78 is 10.6. The maximum Gasteiger partial charge on any atom is 0.0900 e. The normalized spacial score (nSPS) is 21.2. The summed E-state index contributed by atoms with van der Waals surface area (Å²) >= 11 is 1.76. The third kappa shape index (κ3) is 6.14. The molecule has 1 N–H and O–H groups in total. The van der Waals surface area contributed by atoms with Gasteiger partial charge in [-0.1, -0.05) is 0 Å². The van der Waals surface area contributed by atoms with E-state index in [9.17, 15) is 5.11 Å². The van der Waals surface area contributed by atoms with Crippen LogP contribution in [-0.4, -0.2) is 80.2 Å². The smallest absolute Gasteiger partial charge is 0.0900 e. The second-order valence-corrected chi connectivity index (χ2v) is 7.10. The van der Waals surface area contributed by atoms with E-state index in [1.54, 1.807) is 18.4 Å². The molecule has 3 atom stereocenters. The van der Waals surface area contributed by atoms with Gasteiger partial charge in [0.25, 0.3) is 0 Å². The lowest BCUT2D eigenvalue weighted by Crippen LogP contribution is -2.49. The summed E-state index contributed by atoms with van der Waals surface area (Å²) in [4.78, 5) is 4.84. The molecule has 1 fully saturated rings. The van der Waals surface area contributed by atoms with E-state index in [1.807, 2.05) is 6.92 Å². The average molecular weight is 343 g/mol. The number of thiophene rings is 1. The summed E-state index contributed by atoms with van der Waals surface area (Å²) in [6.07, 6.45) is -0.409. The summed E-state index contributed by atoms with van der Waals surface area (Å²) in [7, 11) is 1.66. The van der Waals surface area contributed by atoms with E-state index in [-0.39, 0.29) is 6.10 Å². The van der Waals surface area contributed by atoms with Crippen LogP contribution in [0.5, 0.6) is 0 Å². The number of hydrogen-bond donors (Lipinski definition) is 1. The Kier molecular flexibility index (Phi) is 7.95. The van der Waals surface area contributed by atoms with Crippen LogP contribution in [0.15, 0.2) is 16.8 Å². The highest BCUT2D eigenvalue weighted by Gasteiger charge is 2.23. The van der Waals surface area contributed by atoms with Crippen LogP contribution in [0.1, 0.15) is 25.5 Å². The average Bonchev–Trinajstić information content (AvgIpc) is 3.08. The number of nitrogens with zero attached hydrogens (tertiary/aromatic N) is 2. The number of methoxy groups -OCH3 is 1. The van der Waals surface area contributed by atoms with Crippen molar-refractivity contribution in [3.63, 3.8) is 0 Å². The number of aliphatic hydroxyl groups excluding tert-OH is 1. The lowest BCUT2D eigenvalue weighted by atomic mass is 10.1. The molecule has 0 radical (unpaired) electrons. The molecule has 132 valence electrons. The molecule has 0 saturated carbocycles.